The zero-order chi connectivity index (χ0) is 56.1. The summed E-state index contributed by atoms with van der Waals surface area (Å²) >= 11 is 0. The third kappa shape index (κ3) is 43.4. The Hall–Kier alpha value is -3.06. The smallest absolute Gasteiger partial charge is 0.335 e. The summed E-state index contributed by atoms with van der Waals surface area (Å²) in [6.07, 6.45) is 51.1. The summed E-state index contributed by atoms with van der Waals surface area (Å²) in [7, 11) is 0. The van der Waals surface area contributed by atoms with E-state index >= 15 is 0 Å². The van der Waals surface area contributed by atoms with E-state index in [1.54, 1.807) is 0 Å². The van der Waals surface area contributed by atoms with Gasteiger partial charge in [-0.2, -0.15) is 0 Å². The molecular formula is C65H116O12. The van der Waals surface area contributed by atoms with Crippen LogP contribution in [0.1, 0.15) is 303 Å². The number of ether oxygens (including phenoxy) is 5. The van der Waals surface area contributed by atoms with E-state index in [2.05, 4.69) is 57.2 Å². The Balaban J connectivity index is 2.64. The molecule has 12 nitrogen and oxygen atoms in total. The van der Waals surface area contributed by atoms with E-state index in [0.29, 0.717) is 19.3 Å². The van der Waals surface area contributed by atoms with E-state index in [9.17, 15) is 34.5 Å². The van der Waals surface area contributed by atoms with Crippen LogP contribution in [0, 0.1) is 0 Å². The van der Waals surface area contributed by atoms with Crippen molar-refractivity contribution in [3.8, 4) is 0 Å². The fourth-order valence-corrected chi connectivity index (χ4v) is 9.75. The van der Waals surface area contributed by atoms with E-state index in [-0.39, 0.29) is 25.9 Å². The highest BCUT2D eigenvalue weighted by molar-refractivity contribution is 5.74. The van der Waals surface area contributed by atoms with Gasteiger partial charge in [0.25, 0.3) is 0 Å². The van der Waals surface area contributed by atoms with Crippen LogP contribution in [0.5, 0.6) is 0 Å². The lowest BCUT2D eigenvalue weighted by Gasteiger charge is -2.40. The summed E-state index contributed by atoms with van der Waals surface area (Å²) < 4.78 is 28.5. The number of hydrogen-bond acceptors (Lipinski definition) is 11. The molecule has 1 saturated heterocycles. The minimum atomic E-state index is -1.91. The molecule has 12 heteroatoms. The second kappa shape index (κ2) is 53.6. The molecule has 0 aromatic rings. The first-order valence-electron chi connectivity index (χ1n) is 32.0. The molecule has 1 aliphatic heterocycles. The standard InChI is InChI=1S/C65H116O12/c1-4-7-10-13-16-19-22-25-27-28-29-30-32-34-36-39-42-45-48-51-57(66)73-54-56(75-58(67)52-49-46-43-40-37-33-24-21-18-15-12-9-6-3)55-74-65-63(61(70)60(69)62(77-65)64(71)72)76-59(68)53-50-47-44-41-38-35-31-26-23-20-17-14-11-8-5-2/h17,20-21,24,26,31,56,60-63,65,69-70H,4-16,18-19,22-23,25,27-30,32-55H2,1-3H3,(H,71,72)/b20-17-,24-21-,31-26-. The molecule has 0 radical (unpaired) electrons. The summed E-state index contributed by atoms with van der Waals surface area (Å²) in [6.45, 7) is 5.98. The maximum Gasteiger partial charge on any atom is 0.335 e. The Labute approximate surface area is 470 Å². The molecule has 0 amide bonds. The summed E-state index contributed by atoms with van der Waals surface area (Å²) in [5.41, 5.74) is 0. The Kier molecular flexibility index (Phi) is 50.1. The van der Waals surface area contributed by atoms with Gasteiger partial charge in [-0.1, -0.05) is 243 Å². The van der Waals surface area contributed by atoms with Gasteiger partial charge in [-0.3, -0.25) is 14.4 Å². The van der Waals surface area contributed by atoms with Crippen LogP contribution in [0.3, 0.4) is 0 Å². The second-order valence-corrected chi connectivity index (χ2v) is 22.0. The molecular weight excluding hydrogens is 973 g/mol. The lowest BCUT2D eigenvalue weighted by atomic mass is 9.98. The highest BCUT2D eigenvalue weighted by atomic mass is 16.7. The van der Waals surface area contributed by atoms with Crippen molar-refractivity contribution >= 4 is 23.9 Å². The van der Waals surface area contributed by atoms with Gasteiger partial charge in [0.2, 0.25) is 0 Å². The van der Waals surface area contributed by atoms with Crippen LogP contribution >= 0.6 is 0 Å². The third-order valence-corrected chi connectivity index (χ3v) is 14.7. The number of carbonyl (C=O) groups excluding carboxylic acids is 3. The fraction of sp³-hybridized carbons (Fsp3) is 0.846. The number of carbonyl (C=O) groups is 4. The zero-order valence-electron chi connectivity index (χ0n) is 49.5. The van der Waals surface area contributed by atoms with Gasteiger partial charge in [0, 0.05) is 19.3 Å². The number of aliphatic carboxylic acids is 1. The number of hydrogen-bond donors (Lipinski definition) is 3. The Bertz CT molecular complexity index is 1480. The first kappa shape index (κ1) is 72.0. The van der Waals surface area contributed by atoms with E-state index in [1.807, 2.05) is 0 Å². The summed E-state index contributed by atoms with van der Waals surface area (Å²) in [5, 5.41) is 31.5. The van der Waals surface area contributed by atoms with Gasteiger partial charge >= 0.3 is 23.9 Å². The average molecular weight is 1090 g/mol. The van der Waals surface area contributed by atoms with Gasteiger partial charge in [0.1, 0.15) is 18.8 Å². The van der Waals surface area contributed by atoms with E-state index in [0.717, 1.165) is 103 Å². The molecule has 6 unspecified atom stereocenters. The maximum absolute atomic E-state index is 13.2. The topological polar surface area (TPSA) is 175 Å². The van der Waals surface area contributed by atoms with Crippen LogP contribution in [-0.2, 0) is 42.9 Å². The first-order valence-corrected chi connectivity index (χ1v) is 32.0. The lowest BCUT2D eigenvalue weighted by Crippen LogP contribution is -2.61. The zero-order valence-corrected chi connectivity index (χ0v) is 49.5. The molecule has 1 aliphatic rings. The number of aliphatic hydroxyl groups excluding tert-OH is 2. The van der Waals surface area contributed by atoms with E-state index < -0.39 is 67.3 Å². The van der Waals surface area contributed by atoms with Crippen LogP contribution < -0.4 is 0 Å². The molecule has 0 spiro atoms. The van der Waals surface area contributed by atoms with Crippen molar-refractivity contribution in [1.82, 2.24) is 0 Å². The molecule has 1 heterocycles. The fourth-order valence-electron chi connectivity index (χ4n) is 9.75. The molecule has 448 valence electrons. The third-order valence-electron chi connectivity index (χ3n) is 14.7. The first-order chi connectivity index (χ1) is 37.6. The lowest BCUT2D eigenvalue weighted by molar-refractivity contribution is -0.301. The predicted octanol–water partition coefficient (Wildman–Crippen LogP) is 16.8. The average Bonchev–Trinajstić information content (AvgIpc) is 3.42. The highest BCUT2D eigenvalue weighted by Crippen LogP contribution is 2.27. The molecule has 3 N–H and O–H groups in total. The Morgan fingerprint density at radius 1 is 0.429 bits per heavy atom. The molecule has 0 aliphatic carbocycles. The van der Waals surface area contributed by atoms with Gasteiger partial charge in [0.05, 0.1) is 6.61 Å². The Morgan fingerprint density at radius 3 is 1.22 bits per heavy atom. The summed E-state index contributed by atoms with van der Waals surface area (Å²) in [5.74, 6) is -3.12. The van der Waals surface area contributed by atoms with Crippen molar-refractivity contribution in [1.29, 1.82) is 0 Å². The van der Waals surface area contributed by atoms with Crippen LogP contribution in [0.25, 0.3) is 0 Å². The van der Waals surface area contributed by atoms with Gasteiger partial charge in [-0.05, 0) is 77.0 Å². The molecule has 1 fully saturated rings. The van der Waals surface area contributed by atoms with Crippen LogP contribution in [0.2, 0.25) is 0 Å². The molecule has 0 bridgehead atoms. The molecule has 77 heavy (non-hydrogen) atoms. The van der Waals surface area contributed by atoms with Crippen molar-refractivity contribution in [2.45, 2.75) is 340 Å². The maximum atomic E-state index is 13.2. The number of carboxylic acid groups (broad SMARTS) is 1. The molecule has 0 aromatic heterocycles. The van der Waals surface area contributed by atoms with Crippen molar-refractivity contribution in [3.63, 3.8) is 0 Å². The summed E-state index contributed by atoms with van der Waals surface area (Å²) in [4.78, 5) is 51.2. The number of allylic oxidation sites excluding steroid dienone is 6. The van der Waals surface area contributed by atoms with E-state index in [1.165, 1.54) is 141 Å². The minimum absolute atomic E-state index is 0.0465. The van der Waals surface area contributed by atoms with Crippen molar-refractivity contribution < 1.29 is 58.2 Å². The monoisotopic (exact) mass is 1090 g/mol. The van der Waals surface area contributed by atoms with Crippen LogP contribution in [-0.4, -0.2) is 89.2 Å². The molecule has 0 aromatic carbocycles. The highest BCUT2D eigenvalue weighted by Gasteiger charge is 2.50. The molecule has 1 rings (SSSR count). The SMILES string of the molecule is CCCCC/C=C\C/C=C\CCCCCCCC(=O)OC1C(OCC(COC(=O)CCCCCCCCCCCCCCCCCCCCC)OC(=O)CCCCCCC/C=C\CCCCCC)OC(C(=O)O)C(O)C1O. The van der Waals surface area contributed by atoms with Gasteiger partial charge in [-0.15, -0.1) is 0 Å². The number of aliphatic hydroxyl groups is 2. The molecule has 0 saturated carbocycles. The van der Waals surface area contributed by atoms with E-state index in [4.69, 9.17) is 23.7 Å². The normalized spacial score (nSPS) is 18.2. The van der Waals surface area contributed by atoms with Crippen molar-refractivity contribution in [2.24, 2.45) is 0 Å². The quantitative estimate of drug-likeness (QED) is 0.0228. The van der Waals surface area contributed by atoms with Crippen molar-refractivity contribution in [2.75, 3.05) is 13.2 Å². The minimum Gasteiger partial charge on any atom is -0.479 e. The number of esters is 3. The van der Waals surface area contributed by atoms with Gasteiger partial charge < -0.3 is 39.0 Å². The van der Waals surface area contributed by atoms with Crippen molar-refractivity contribution in [3.05, 3.63) is 36.5 Å². The Morgan fingerprint density at radius 2 is 0.779 bits per heavy atom. The van der Waals surface area contributed by atoms with Gasteiger partial charge in [-0.25, -0.2) is 4.79 Å². The second-order valence-electron chi connectivity index (χ2n) is 22.0. The number of unbranched alkanes of at least 4 members (excludes halogenated alkanes) is 35. The largest absolute Gasteiger partial charge is 0.479 e. The van der Waals surface area contributed by atoms with Crippen LogP contribution in [0.15, 0.2) is 36.5 Å². The predicted molar refractivity (Wildman–Crippen MR) is 313 cm³/mol. The number of carboxylic acids is 1. The van der Waals surface area contributed by atoms with Gasteiger partial charge in [0.15, 0.2) is 24.6 Å². The molecule has 6 atom stereocenters. The number of rotatable bonds is 55. The van der Waals surface area contributed by atoms with Crippen LogP contribution in [0.4, 0.5) is 0 Å². The summed E-state index contributed by atoms with van der Waals surface area (Å²) in [6, 6.07) is 0.